The van der Waals surface area contributed by atoms with Gasteiger partial charge in [0.15, 0.2) is 5.11 Å². The van der Waals surface area contributed by atoms with Gasteiger partial charge in [0, 0.05) is 29.2 Å². The van der Waals surface area contributed by atoms with E-state index in [0.29, 0.717) is 21.7 Å². The number of hydrogen-bond donors (Lipinski definition) is 2. The van der Waals surface area contributed by atoms with Crippen molar-refractivity contribution in [3.8, 4) is 5.69 Å². The average molecular weight is 461 g/mol. The predicted octanol–water partition coefficient (Wildman–Crippen LogP) is 4.76. The average Bonchev–Trinajstić information content (AvgIpc) is 3.19. The number of halogens is 2. The number of nitrogens with one attached hydrogen (secondary N) is 1. The fourth-order valence-corrected chi connectivity index (χ4v) is 5.04. The number of aliphatic hydroxyl groups excluding tert-OH is 1. The number of rotatable bonds is 5. The summed E-state index contributed by atoms with van der Waals surface area (Å²) in [5.74, 6) is 0. The zero-order valence-electron chi connectivity index (χ0n) is 16.6. The fourth-order valence-electron chi connectivity index (χ4n) is 4.21. The SMILES string of the molecule is Cc1cc(C2C(c3ccccn3)NC(=S)N2CCO)c(C)n1-c1ccc(Cl)cc1Cl. The van der Waals surface area contributed by atoms with Crippen molar-refractivity contribution in [2.75, 3.05) is 13.2 Å². The summed E-state index contributed by atoms with van der Waals surface area (Å²) in [5.41, 5.74) is 4.99. The van der Waals surface area contributed by atoms with Crippen LogP contribution in [0.5, 0.6) is 0 Å². The molecular weight excluding hydrogens is 439 g/mol. The van der Waals surface area contributed by atoms with E-state index in [9.17, 15) is 5.11 Å². The van der Waals surface area contributed by atoms with E-state index in [-0.39, 0.29) is 18.7 Å². The van der Waals surface area contributed by atoms with Gasteiger partial charge < -0.3 is 19.9 Å². The Bertz CT molecular complexity index is 1090. The molecule has 2 aromatic heterocycles. The predicted molar refractivity (Wildman–Crippen MR) is 125 cm³/mol. The number of aromatic nitrogens is 2. The van der Waals surface area contributed by atoms with Crippen molar-refractivity contribution in [1.29, 1.82) is 0 Å². The van der Waals surface area contributed by atoms with E-state index in [1.54, 1.807) is 12.3 Å². The van der Waals surface area contributed by atoms with Crippen molar-refractivity contribution in [1.82, 2.24) is 19.8 Å². The summed E-state index contributed by atoms with van der Waals surface area (Å²) in [7, 11) is 0. The number of aliphatic hydroxyl groups is 1. The first-order valence-corrected chi connectivity index (χ1v) is 10.8. The van der Waals surface area contributed by atoms with E-state index in [2.05, 4.69) is 27.9 Å². The number of pyridine rings is 1. The Morgan fingerprint density at radius 2 is 1.97 bits per heavy atom. The van der Waals surface area contributed by atoms with Gasteiger partial charge in [0.1, 0.15) is 0 Å². The lowest BCUT2D eigenvalue weighted by Gasteiger charge is -2.27. The third kappa shape index (κ3) is 3.69. The first-order valence-electron chi connectivity index (χ1n) is 9.65. The third-order valence-electron chi connectivity index (χ3n) is 5.48. The van der Waals surface area contributed by atoms with Crippen molar-refractivity contribution in [3.05, 3.63) is 81.4 Å². The Balaban J connectivity index is 1.85. The molecule has 8 heteroatoms. The van der Waals surface area contributed by atoms with Gasteiger partial charge in [-0.1, -0.05) is 29.3 Å². The molecule has 0 aliphatic carbocycles. The van der Waals surface area contributed by atoms with Crippen LogP contribution in [0.3, 0.4) is 0 Å². The van der Waals surface area contributed by atoms with Crippen LogP contribution in [0.1, 0.15) is 34.7 Å². The summed E-state index contributed by atoms with van der Waals surface area (Å²) in [6.45, 7) is 4.57. The molecule has 5 nitrogen and oxygen atoms in total. The Labute approximate surface area is 191 Å². The molecule has 3 heterocycles. The van der Waals surface area contributed by atoms with Gasteiger partial charge in [-0.2, -0.15) is 0 Å². The highest BCUT2D eigenvalue weighted by Crippen LogP contribution is 2.41. The molecule has 4 rings (SSSR count). The van der Waals surface area contributed by atoms with E-state index < -0.39 is 0 Å². The Morgan fingerprint density at radius 3 is 2.63 bits per heavy atom. The summed E-state index contributed by atoms with van der Waals surface area (Å²) >= 11 is 18.2. The number of hydrogen-bond acceptors (Lipinski definition) is 3. The van der Waals surface area contributed by atoms with Crippen LogP contribution in [0.25, 0.3) is 5.69 Å². The van der Waals surface area contributed by atoms with Gasteiger partial charge in [0.25, 0.3) is 0 Å². The number of nitrogens with zero attached hydrogens (tertiary/aromatic N) is 3. The van der Waals surface area contributed by atoms with Crippen LogP contribution in [-0.2, 0) is 0 Å². The van der Waals surface area contributed by atoms with E-state index in [4.69, 9.17) is 35.4 Å². The van der Waals surface area contributed by atoms with Crippen LogP contribution >= 0.6 is 35.4 Å². The normalized spacial score (nSPS) is 18.7. The van der Waals surface area contributed by atoms with Gasteiger partial charge in [-0.15, -0.1) is 0 Å². The quantitative estimate of drug-likeness (QED) is 0.537. The summed E-state index contributed by atoms with van der Waals surface area (Å²) in [6, 6.07) is 13.3. The topological polar surface area (TPSA) is 53.3 Å². The second-order valence-corrected chi connectivity index (χ2v) is 8.53. The molecule has 1 aromatic carbocycles. The summed E-state index contributed by atoms with van der Waals surface area (Å²) in [6.07, 6.45) is 1.78. The highest BCUT2D eigenvalue weighted by atomic mass is 35.5. The molecular formula is C22H22Cl2N4OS. The molecule has 0 saturated carbocycles. The molecule has 0 radical (unpaired) electrons. The van der Waals surface area contributed by atoms with Gasteiger partial charge >= 0.3 is 0 Å². The Kier molecular flexibility index (Phi) is 6.02. The Hall–Kier alpha value is -2.12. The van der Waals surface area contributed by atoms with E-state index in [1.807, 2.05) is 42.2 Å². The largest absolute Gasteiger partial charge is 0.395 e. The highest BCUT2D eigenvalue weighted by molar-refractivity contribution is 7.80. The number of aryl methyl sites for hydroxylation is 1. The minimum absolute atomic E-state index is 0.00894. The maximum absolute atomic E-state index is 9.66. The molecule has 0 spiro atoms. The molecule has 2 atom stereocenters. The van der Waals surface area contributed by atoms with Gasteiger partial charge in [0.2, 0.25) is 0 Å². The Morgan fingerprint density at radius 1 is 1.17 bits per heavy atom. The summed E-state index contributed by atoms with van der Waals surface area (Å²) in [5, 5.41) is 14.9. The van der Waals surface area contributed by atoms with Crippen molar-refractivity contribution >= 4 is 40.5 Å². The fraction of sp³-hybridized carbons (Fsp3) is 0.273. The molecule has 2 N–H and O–H groups in total. The van der Waals surface area contributed by atoms with Crippen LogP contribution in [-0.4, -0.2) is 37.8 Å². The standard InChI is InChI=1S/C22H22Cl2N4OS/c1-13-11-16(14(2)28(13)19-7-6-15(23)12-17(19)24)21-20(18-5-3-4-8-25-18)26-22(30)27(21)9-10-29/h3-8,11-12,20-21,29H,9-10H2,1-2H3,(H,26,30). The summed E-state index contributed by atoms with van der Waals surface area (Å²) in [4.78, 5) is 6.58. The lowest BCUT2D eigenvalue weighted by atomic mass is 9.97. The summed E-state index contributed by atoms with van der Waals surface area (Å²) < 4.78 is 2.13. The molecule has 0 bridgehead atoms. The molecule has 1 aliphatic heterocycles. The third-order valence-corrected chi connectivity index (χ3v) is 6.37. The zero-order valence-corrected chi connectivity index (χ0v) is 19.0. The van der Waals surface area contributed by atoms with Gasteiger partial charge in [-0.3, -0.25) is 4.98 Å². The monoisotopic (exact) mass is 460 g/mol. The van der Waals surface area contributed by atoms with Crippen LogP contribution < -0.4 is 5.32 Å². The lowest BCUT2D eigenvalue weighted by Crippen LogP contribution is -2.32. The van der Waals surface area contributed by atoms with Crippen molar-refractivity contribution in [2.45, 2.75) is 25.9 Å². The molecule has 156 valence electrons. The van der Waals surface area contributed by atoms with Crippen molar-refractivity contribution in [2.24, 2.45) is 0 Å². The van der Waals surface area contributed by atoms with Crippen molar-refractivity contribution < 1.29 is 5.11 Å². The maximum Gasteiger partial charge on any atom is 0.170 e. The number of β-amino-alcohol motifs (C(OH)–C–C–N with tert-alkyl or cyclic N) is 1. The first-order chi connectivity index (χ1) is 14.4. The molecule has 0 amide bonds. The highest BCUT2D eigenvalue weighted by Gasteiger charge is 2.41. The maximum atomic E-state index is 9.66. The molecule has 30 heavy (non-hydrogen) atoms. The van der Waals surface area contributed by atoms with E-state index in [0.717, 1.165) is 28.3 Å². The number of benzene rings is 1. The molecule has 3 aromatic rings. The lowest BCUT2D eigenvalue weighted by molar-refractivity contribution is 0.223. The van der Waals surface area contributed by atoms with E-state index in [1.165, 1.54) is 0 Å². The minimum atomic E-state index is -0.125. The van der Waals surface area contributed by atoms with Gasteiger partial charge in [-0.05, 0) is 68.0 Å². The van der Waals surface area contributed by atoms with Crippen molar-refractivity contribution in [3.63, 3.8) is 0 Å². The molecule has 1 saturated heterocycles. The van der Waals surface area contributed by atoms with E-state index >= 15 is 0 Å². The van der Waals surface area contributed by atoms with Crippen LogP contribution in [0.4, 0.5) is 0 Å². The van der Waals surface area contributed by atoms with Crippen LogP contribution in [0, 0.1) is 13.8 Å². The van der Waals surface area contributed by atoms with Crippen LogP contribution in [0.15, 0.2) is 48.7 Å². The number of thiocarbonyl (C=S) groups is 1. The molecule has 2 unspecified atom stereocenters. The smallest absolute Gasteiger partial charge is 0.170 e. The van der Waals surface area contributed by atoms with Gasteiger partial charge in [-0.25, -0.2) is 0 Å². The zero-order chi connectivity index (χ0) is 21.4. The van der Waals surface area contributed by atoms with Gasteiger partial charge in [0.05, 0.1) is 35.1 Å². The van der Waals surface area contributed by atoms with Crippen LogP contribution in [0.2, 0.25) is 10.0 Å². The first kappa shape index (κ1) is 21.1. The second kappa shape index (κ2) is 8.55. The molecule has 1 fully saturated rings. The molecule has 1 aliphatic rings. The minimum Gasteiger partial charge on any atom is -0.395 e. The second-order valence-electron chi connectivity index (χ2n) is 7.30.